The first kappa shape index (κ1) is 15.5. The van der Waals surface area contributed by atoms with Crippen molar-refractivity contribution < 1.29 is 9.13 Å². The van der Waals surface area contributed by atoms with Crippen LogP contribution in [0, 0.1) is 12.7 Å². The third kappa shape index (κ3) is 3.82. The van der Waals surface area contributed by atoms with Crippen molar-refractivity contribution >= 4 is 0 Å². The Balaban J connectivity index is 2.24. The van der Waals surface area contributed by atoms with Gasteiger partial charge in [-0.1, -0.05) is 25.1 Å². The molecule has 0 atom stereocenters. The summed E-state index contributed by atoms with van der Waals surface area (Å²) in [7, 11) is 1.63. The largest absolute Gasteiger partial charge is 0.497 e. The molecule has 0 fully saturated rings. The van der Waals surface area contributed by atoms with Gasteiger partial charge in [0.2, 0.25) is 0 Å². The molecular formula is C18H22FNO. The number of halogens is 1. The molecule has 0 saturated heterocycles. The number of methoxy groups -OCH3 is 1. The summed E-state index contributed by atoms with van der Waals surface area (Å²) in [5.74, 6) is 0.608. The minimum absolute atomic E-state index is 0.181. The summed E-state index contributed by atoms with van der Waals surface area (Å²) in [6, 6.07) is 11.1. The highest BCUT2D eigenvalue weighted by Gasteiger charge is 2.09. The van der Waals surface area contributed by atoms with E-state index in [-0.39, 0.29) is 5.82 Å². The van der Waals surface area contributed by atoms with Gasteiger partial charge in [0, 0.05) is 12.1 Å². The minimum Gasteiger partial charge on any atom is -0.497 e. The maximum atomic E-state index is 14.3. The number of benzene rings is 2. The van der Waals surface area contributed by atoms with E-state index in [9.17, 15) is 4.39 Å². The molecule has 2 nitrogen and oxygen atoms in total. The van der Waals surface area contributed by atoms with Crippen molar-refractivity contribution in [2.24, 2.45) is 0 Å². The van der Waals surface area contributed by atoms with Crippen LogP contribution >= 0.6 is 0 Å². The zero-order valence-electron chi connectivity index (χ0n) is 12.9. The topological polar surface area (TPSA) is 21.3 Å². The first-order valence-electron chi connectivity index (χ1n) is 7.30. The van der Waals surface area contributed by atoms with Gasteiger partial charge in [0.05, 0.1) is 7.11 Å². The molecule has 2 aromatic rings. The first-order valence-corrected chi connectivity index (χ1v) is 7.30. The normalized spacial score (nSPS) is 10.7. The van der Waals surface area contributed by atoms with Crippen LogP contribution in [0.4, 0.5) is 4.39 Å². The summed E-state index contributed by atoms with van der Waals surface area (Å²) in [6.07, 6.45) is 1.08. The molecule has 2 aromatic carbocycles. The van der Waals surface area contributed by atoms with E-state index in [2.05, 4.69) is 12.2 Å². The maximum absolute atomic E-state index is 14.3. The number of rotatable bonds is 6. The quantitative estimate of drug-likeness (QED) is 0.799. The molecule has 0 heterocycles. The zero-order chi connectivity index (χ0) is 15.2. The number of ether oxygens (including phenoxy) is 1. The Morgan fingerprint density at radius 1 is 1.10 bits per heavy atom. The number of nitrogens with one attached hydrogen (secondary N) is 1. The van der Waals surface area contributed by atoms with E-state index in [4.69, 9.17) is 4.74 Å². The summed E-state index contributed by atoms with van der Waals surface area (Å²) < 4.78 is 19.5. The van der Waals surface area contributed by atoms with Crippen LogP contribution in [0.1, 0.15) is 24.5 Å². The average Bonchev–Trinajstić information content (AvgIpc) is 2.48. The summed E-state index contributed by atoms with van der Waals surface area (Å²) in [6.45, 7) is 5.73. The molecule has 0 unspecified atom stereocenters. The van der Waals surface area contributed by atoms with Crippen LogP contribution in [0.25, 0.3) is 11.1 Å². The van der Waals surface area contributed by atoms with Crippen molar-refractivity contribution in [3.8, 4) is 16.9 Å². The lowest BCUT2D eigenvalue weighted by atomic mass is 9.98. The van der Waals surface area contributed by atoms with Crippen molar-refractivity contribution in [3.63, 3.8) is 0 Å². The Morgan fingerprint density at radius 2 is 1.86 bits per heavy atom. The average molecular weight is 287 g/mol. The maximum Gasteiger partial charge on any atom is 0.131 e. The second-order valence-electron chi connectivity index (χ2n) is 5.17. The first-order chi connectivity index (χ1) is 10.2. The number of aryl methyl sites for hydroxylation is 1. The van der Waals surface area contributed by atoms with Crippen LogP contribution in [0.2, 0.25) is 0 Å². The number of hydrogen-bond acceptors (Lipinski definition) is 2. The highest BCUT2D eigenvalue weighted by molar-refractivity contribution is 5.69. The molecule has 21 heavy (non-hydrogen) atoms. The Bertz CT molecular complexity index is 610. The molecular weight excluding hydrogens is 265 g/mol. The van der Waals surface area contributed by atoms with Crippen molar-refractivity contribution in [2.75, 3.05) is 13.7 Å². The lowest BCUT2D eigenvalue weighted by Crippen LogP contribution is -2.13. The SMILES string of the molecule is CCCNCc1ccc(-c2ccc(OC)cc2C)c(F)c1. The molecule has 0 spiro atoms. The van der Waals surface area contributed by atoms with E-state index >= 15 is 0 Å². The fourth-order valence-electron chi connectivity index (χ4n) is 2.36. The van der Waals surface area contributed by atoms with Crippen molar-refractivity contribution in [3.05, 3.63) is 53.3 Å². The second kappa shape index (κ2) is 7.23. The van der Waals surface area contributed by atoms with Crippen LogP contribution in [0.5, 0.6) is 5.75 Å². The summed E-state index contributed by atoms with van der Waals surface area (Å²) in [5, 5.41) is 3.28. The van der Waals surface area contributed by atoms with Crippen LogP contribution in [-0.4, -0.2) is 13.7 Å². The molecule has 0 bridgehead atoms. The minimum atomic E-state index is -0.181. The van der Waals surface area contributed by atoms with E-state index in [0.29, 0.717) is 12.1 Å². The van der Waals surface area contributed by atoms with Gasteiger partial charge >= 0.3 is 0 Å². The molecule has 0 aliphatic heterocycles. The Hall–Kier alpha value is -1.87. The Morgan fingerprint density at radius 3 is 2.48 bits per heavy atom. The number of hydrogen-bond donors (Lipinski definition) is 1. The van der Waals surface area contributed by atoms with E-state index in [1.807, 2.05) is 37.3 Å². The lowest BCUT2D eigenvalue weighted by molar-refractivity contribution is 0.414. The van der Waals surface area contributed by atoms with Crippen LogP contribution in [0.3, 0.4) is 0 Å². The second-order valence-corrected chi connectivity index (χ2v) is 5.17. The molecule has 0 aromatic heterocycles. The predicted octanol–water partition coefficient (Wildman–Crippen LogP) is 4.31. The predicted molar refractivity (Wildman–Crippen MR) is 85.1 cm³/mol. The molecule has 112 valence electrons. The lowest BCUT2D eigenvalue weighted by Gasteiger charge is -2.11. The molecule has 0 aliphatic rings. The van der Waals surface area contributed by atoms with Gasteiger partial charge in [0.25, 0.3) is 0 Å². The van der Waals surface area contributed by atoms with E-state index in [0.717, 1.165) is 35.4 Å². The third-order valence-electron chi connectivity index (χ3n) is 3.51. The zero-order valence-corrected chi connectivity index (χ0v) is 12.9. The van der Waals surface area contributed by atoms with Crippen LogP contribution in [0.15, 0.2) is 36.4 Å². The van der Waals surface area contributed by atoms with E-state index in [1.165, 1.54) is 0 Å². The van der Waals surface area contributed by atoms with Gasteiger partial charge in [-0.2, -0.15) is 0 Å². The molecule has 0 aliphatic carbocycles. The van der Waals surface area contributed by atoms with Gasteiger partial charge in [0.1, 0.15) is 11.6 Å². The summed E-state index contributed by atoms with van der Waals surface area (Å²) in [4.78, 5) is 0. The standard InChI is InChI=1S/C18H22FNO/c1-4-9-20-12-14-5-7-17(18(19)11-14)16-8-6-15(21-3)10-13(16)2/h5-8,10-11,20H,4,9,12H2,1-3H3. The van der Waals surface area contributed by atoms with Crippen LogP contribution in [-0.2, 0) is 6.54 Å². The van der Waals surface area contributed by atoms with Gasteiger partial charge in [-0.25, -0.2) is 4.39 Å². The molecule has 0 saturated carbocycles. The summed E-state index contributed by atoms with van der Waals surface area (Å²) >= 11 is 0. The highest BCUT2D eigenvalue weighted by Crippen LogP contribution is 2.29. The molecule has 1 N–H and O–H groups in total. The Kier molecular flexibility index (Phi) is 5.34. The van der Waals surface area contributed by atoms with Crippen molar-refractivity contribution in [1.29, 1.82) is 0 Å². The molecule has 0 radical (unpaired) electrons. The van der Waals surface area contributed by atoms with Gasteiger partial charge in [-0.05, 0) is 54.8 Å². The van der Waals surface area contributed by atoms with E-state index in [1.54, 1.807) is 13.2 Å². The van der Waals surface area contributed by atoms with Gasteiger partial charge in [-0.3, -0.25) is 0 Å². The monoisotopic (exact) mass is 287 g/mol. The van der Waals surface area contributed by atoms with Gasteiger partial charge in [-0.15, -0.1) is 0 Å². The van der Waals surface area contributed by atoms with Crippen LogP contribution < -0.4 is 10.1 Å². The van der Waals surface area contributed by atoms with Gasteiger partial charge < -0.3 is 10.1 Å². The van der Waals surface area contributed by atoms with Crippen molar-refractivity contribution in [1.82, 2.24) is 5.32 Å². The van der Waals surface area contributed by atoms with Crippen molar-refractivity contribution in [2.45, 2.75) is 26.8 Å². The molecule has 0 amide bonds. The third-order valence-corrected chi connectivity index (χ3v) is 3.51. The highest BCUT2D eigenvalue weighted by atomic mass is 19.1. The van der Waals surface area contributed by atoms with Gasteiger partial charge in [0.15, 0.2) is 0 Å². The van der Waals surface area contributed by atoms with E-state index < -0.39 is 0 Å². The fourth-order valence-corrected chi connectivity index (χ4v) is 2.36. The summed E-state index contributed by atoms with van der Waals surface area (Å²) in [5.41, 5.74) is 3.51. The molecule has 2 rings (SSSR count). The Labute approximate surface area is 126 Å². The molecule has 3 heteroatoms. The smallest absolute Gasteiger partial charge is 0.131 e. The fraction of sp³-hybridized carbons (Fsp3) is 0.333.